The Morgan fingerprint density at radius 2 is 1.96 bits per heavy atom. The third-order valence-electron chi connectivity index (χ3n) is 6.04. The van der Waals surface area contributed by atoms with Gasteiger partial charge in [0, 0.05) is 29.4 Å². The van der Waals surface area contributed by atoms with E-state index in [0.717, 1.165) is 49.9 Å². The van der Waals surface area contributed by atoms with Gasteiger partial charge >= 0.3 is 0 Å². The van der Waals surface area contributed by atoms with Crippen molar-refractivity contribution >= 4 is 17.5 Å². The minimum Gasteiger partial charge on any atom is -0.337 e. The molecule has 0 bridgehead atoms. The zero-order valence-electron chi connectivity index (χ0n) is 15.9. The lowest BCUT2D eigenvalue weighted by Gasteiger charge is -2.22. The van der Waals surface area contributed by atoms with Crippen LogP contribution < -0.4 is 5.73 Å². The summed E-state index contributed by atoms with van der Waals surface area (Å²) >= 11 is 6.05. The van der Waals surface area contributed by atoms with E-state index in [1.807, 2.05) is 33.8 Å². The number of nitrogens with zero attached hydrogens (tertiary/aromatic N) is 3. The van der Waals surface area contributed by atoms with E-state index in [-0.39, 0.29) is 11.3 Å². The van der Waals surface area contributed by atoms with Gasteiger partial charge in [-0.05, 0) is 68.3 Å². The van der Waals surface area contributed by atoms with Crippen molar-refractivity contribution < 1.29 is 4.79 Å². The highest BCUT2D eigenvalue weighted by Gasteiger charge is 2.37. The van der Waals surface area contributed by atoms with Gasteiger partial charge in [-0.1, -0.05) is 24.9 Å². The number of hydrogen-bond donors (Lipinski definition) is 1. The Hall–Kier alpha value is -1.85. The fraction of sp³-hybridized carbons (Fsp3) is 0.524. The number of halogens is 1. The van der Waals surface area contributed by atoms with Crippen molar-refractivity contribution in [2.75, 3.05) is 19.6 Å². The van der Waals surface area contributed by atoms with Crippen molar-refractivity contribution in [3.8, 4) is 5.69 Å². The number of carbonyl (C=O) groups excluding carboxylic acids is 1. The molecule has 0 radical (unpaired) electrons. The van der Waals surface area contributed by atoms with E-state index in [9.17, 15) is 4.79 Å². The molecule has 1 aliphatic heterocycles. The number of likely N-dealkylation sites (tertiary alicyclic amines) is 1. The molecular weight excluding hydrogens is 360 g/mol. The molecule has 2 aromatic rings. The van der Waals surface area contributed by atoms with E-state index in [1.54, 1.807) is 0 Å². The van der Waals surface area contributed by atoms with Crippen LogP contribution in [0.3, 0.4) is 0 Å². The standard InChI is InChI=1S/C21H27ClN4O/c1-21(13-23)11-12-25(14-21)20(27)19-17-5-3-2-4-6-18(17)26(24-19)16-9-7-15(22)8-10-16/h7-10H,2-6,11-14,23H2,1H3. The van der Waals surface area contributed by atoms with Crippen molar-refractivity contribution in [2.24, 2.45) is 11.1 Å². The molecule has 1 atom stereocenters. The molecule has 0 spiro atoms. The number of rotatable bonds is 3. The number of hydrogen-bond acceptors (Lipinski definition) is 3. The number of fused-ring (bicyclic) bond motifs is 1. The van der Waals surface area contributed by atoms with Crippen LogP contribution in [0.15, 0.2) is 24.3 Å². The van der Waals surface area contributed by atoms with Gasteiger partial charge in [0.15, 0.2) is 5.69 Å². The van der Waals surface area contributed by atoms with Gasteiger partial charge in [-0.2, -0.15) is 5.10 Å². The number of carbonyl (C=O) groups is 1. The summed E-state index contributed by atoms with van der Waals surface area (Å²) in [6.07, 6.45) is 6.27. The zero-order valence-corrected chi connectivity index (χ0v) is 16.6. The zero-order chi connectivity index (χ0) is 19.0. The van der Waals surface area contributed by atoms with E-state index in [2.05, 4.69) is 6.92 Å². The van der Waals surface area contributed by atoms with Crippen molar-refractivity contribution in [3.63, 3.8) is 0 Å². The van der Waals surface area contributed by atoms with Crippen molar-refractivity contribution in [3.05, 3.63) is 46.2 Å². The average molecular weight is 387 g/mol. The summed E-state index contributed by atoms with van der Waals surface area (Å²) in [7, 11) is 0. The molecule has 1 aromatic heterocycles. The molecule has 2 aliphatic rings. The normalized spacial score (nSPS) is 22.6. The van der Waals surface area contributed by atoms with Crippen LogP contribution in [-0.2, 0) is 12.8 Å². The summed E-state index contributed by atoms with van der Waals surface area (Å²) in [5.74, 6) is 0.0537. The first kappa shape index (κ1) is 18.5. The van der Waals surface area contributed by atoms with Gasteiger partial charge in [0.1, 0.15) is 0 Å². The van der Waals surface area contributed by atoms with Crippen LogP contribution in [0.1, 0.15) is 54.4 Å². The maximum absolute atomic E-state index is 13.3. The van der Waals surface area contributed by atoms with Crippen molar-refractivity contribution in [1.82, 2.24) is 14.7 Å². The fourth-order valence-corrected chi connectivity index (χ4v) is 4.38. The van der Waals surface area contributed by atoms with Gasteiger partial charge in [-0.3, -0.25) is 4.79 Å². The molecule has 27 heavy (non-hydrogen) atoms. The molecule has 1 amide bonds. The maximum atomic E-state index is 13.3. The van der Waals surface area contributed by atoms with Gasteiger partial charge in [-0.15, -0.1) is 0 Å². The summed E-state index contributed by atoms with van der Waals surface area (Å²) < 4.78 is 1.96. The Kier molecular flexibility index (Phi) is 4.99. The minimum absolute atomic E-state index is 0.0192. The predicted octanol–water partition coefficient (Wildman–Crippen LogP) is 3.61. The first-order valence-electron chi connectivity index (χ1n) is 9.87. The number of benzene rings is 1. The minimum atomic E-state index is 0.0192. The van der Waals surface area contributed by atoms with Crippen LogP contribution in [0.5, 0.6) is 0 Å². The second-order valence-electron chi connectivity index (χ2n) is 8.21. The van der Waals surface area contributed by atoms with Gasteiger partial charge in [0.2, 0.25) is 0 Å². The van der Waals surface area contributed by atoms with Crippen LogP contribution >= 0.6 is 11.6 Å². The van der Waals surface area contributed by atoms with Gasteiger partial charge < -0.3 is 10.6 Å². The monoisotopic (exact) mass is 386 g/mol. The molecular formula is C21H27ClN4O. The molecule has 1 fully saturated rings. The highest BCUT2D eigenvalue weighted by Crippen LogP contribution is 2.32. The molecule has 144 valence electrons. The fourth-order valence-electron chi connectivity index (χ4n) is 4.26. The van der Waals surface area contributed by atoms with Crippen molar-refractivity contribution in [1.29, 1.82) is 0 Å². The molecule has 1 saturated heterocycles. The highest BCUT2D eigenvalue weighted by molar-refractivity contribution is 6.30. The topological polar surface area (TPSA) is 64.2 Å². The van der Waals surface area contributed by atoms with Crippen LogP contribution in [0.2, 0.25) is 5.02 Å². The second-order valence-corrected chi connectivity index (χ2v) is 8.65. The molecule has 1 aromatic carbocycles. The quantitative estimate of drug-likeness (QED) is 0.819. The molecule has 2 N–H and O–H groups in total. The Morgan fingerprint density at radius 3 is 2.67 bits per heavy atom. The molecule has 6 heteroatoms. The van der Waals surface area contributed by atoms with E-state index in [1.165, 1.54) is 12.1 Å². The first-order chi connectivity index (χ1) is 13.0. The van der Waals surface area contributed by atoms with Crippen LogP contribution in [0.25, 0.3) is 5.69 Å². The van der Waals surface area contributed by atoms with Crippen molar-refractivity contribution in [2.45, 2.75) is 45.4 Å². The Balaban J connectivity index is 1.72. The molecule has 4 rings (SSSR count). The largest absolute Gasteiger partial charge is 0.337 e. The van der Waals surface area contributed by atoms with Crippen LogP contribution in [0, 0.1) is 5.41 Å². The van der Waals surface area contributed by atoms with E-state index >= 15 is 0 Å². The lowest BCUT2D eigenvalue weighted by molar-refractivity contribution is 0.0769. The first-order valence-corrected chi connectivity index (χ1v) is 10.2. The van der Waals surface area contributed by atoms with E-state index in [0.29, 0.717) is 23.8 Å². The van der Waals surface area contributed by atoms with E-state index in [4.69, 9.17) is 22.4 Å². The third-order valence-corrected chi connectivity index (χ3v) is 6.29. The Bertz CT molecular complexity index is 845. The molecule has 1 unspecified atom stereocenters. The summed E-state index contributed by atoms with van der Waals surface area (Å²) in [5.41, 5.74) is 9.85. The lowest BCUT2D eigenvalue weighted by Crippen LogP contribution is -2.35. The van der Waals surface area contributed by atoms with Gasteiger partial charge in [0.25, 0.3) is 5.91 Å². The molecule has 0 saturated carbocycles. The van der Waals surface area contributed by atoms with Crippen LogP contribution in [0.4, 0.5) is 0 Å². The molecule has 1 aliphatic carbocycles. The lowest BCUT2D eigenvalue weighted by atomic mass is 9.90. The maximum Gasteiger partial charge on any atom is 0.274 e. The summed E-state index contributed by atoms with van der Waals surface area (Å²) in [6.45, 7) is 4.24. The number of amides is 1. The molecule has 5 nitrogen and oxygen atoms in total. The van der Waals surface area contributed by atoms with Crippen LogP contribution in [-0.4, -0.2) is 40.2 Å². The number of nitrogens with two attached hydrogens (primary N) is 1. The van der Waals surface area contributed by atoms with Gasteiger partial charge in [0.05, 0.1) is 5.69 Å². The second kappa shape index (κ2) is 7.28. The Labute approximate surface area is 165 Å². The number of aromatic nitrogens is 2. The smallest absolute Gasteiger partial charge is 0.274 e. The van der Waals surface area contributed by atoms with E-state index < -0.39 is 0 Å². The highest BCUT2D eigenvalue weighted by atomic mass is 35.5. The third kappa shape index (κ3) is 3.50. The summed E-state index contributed by atoms with van der Waals surface area (Å²) in [5, 5.41) is 5.50. The molecule has 2 heterocycles. The van der Waals surface area contributed by atoms with Gasteiger partial charge in [-0.25, -0.2) is 4.68 Å². The summed E-state index contributed by atoms with van der Waals surface area (Å²) in [4.78, 5) is 15.3. The average Bonchev–Trinajstić information content (AvgIpc) is 3.15. The summed E-state index contributed by atoms with van der Waals surface area (Å²) in [6, 6.07) is 7.68. The Morgan fingerprint density at radius 1 is 1.22 bits per heavy atom. The predicted molar refractivity (Wildman–Crippen MR) is 108 cm³/mol. The SMILES string of the molecule is CC1(CN)CCN(C(=O)c2nn(-c3ccc(Cl)cc3)c3c2CCCCC3)C1.